The maximum Gasteiger partial charge on any atom is 0.407 e. The summed E-state index contributed by atoms with van der Waals surface area (Å²) in [6, 6.07) is 0. The van der Waals surface area contributed by atoms with Gasteiger partial charge in [0.25, 0.3) is 0 Å². The lowest BCUT2D eigenvalue weighted by Crippen LogP contribution is -2.35. The maximum absolute atomic E-state index is 11.0. The van der Waals surface area contributed by atoms with Crippen molar-refractivity contribution in [2.45, 2.75) is 0 Å². The highest BCUT2D eigenvalue weighted by Crippen LogP contribution is 1.78. The molecular formula is C8H16N4O5. The van der Waals surface area contributed by atoms with Gasteiger partial charge in [-0.3, -0.25) is 4.79 Å². The Balaban J connectivity index is 3.35. The first-order valence-corrected chi connectivity index (χ1v) is 4.86. The summed E-state index contributed by atoms with van der Waals surface area (Å²) in [5.74, 6) is -0.330. The first-order chi connectivity index (χ1) is 8.06. The smallest absolute Gasteiger partial charge is 0.407 e. The molecule has 98 valence electrons. The Hall–Kier alpha value is -2.03. The summed E-state index contributed by atoms with van der Waals surface area (Å²) in [5.41, 5.74) is 9.73. The van der Waals surface area contributed by atoms with E-state index in [1.807, 2.05) is 0 Å². The van der Waals surface area contributed by atoms with Crippen molar-refractivity contribution >= 4 is 18.1 Å². The third kappa shape index (κ3) is 10.3. The Morgan fingerprint density at radius 3 is 2.18 bits per heavy atom. The van der Waals surface area contributed by atoms with Crippen LogP contribution in [-0.4, -0.2) is 50.9 Å². The predicted molar refractivity (Wildman–Crippen MR) is 57.0 cm³/mol. The highest BCUT2D eigenvalue weighted by atomic mass is 16.6. The van der Waals surface area contributed by atoms with E-state index in [1.54, 1.807) is 0 Å². The van der Waals surface area contributed by atoms with Crippen molar-refractivity contribution in [1.82, 2.24) is 10.6 Å². The SMILES string of the molecule is NCC(=O)NCCOC(=O)NCCOC(N)=O. The van der Waals surface area contributed by atoms with Crippen LogP contribution < -0.4 is 22.1 Å². The molecule has 0 unspecified atom stereocenters. The second kappa shape index (κ2) is 9.21. The number of amides is 3. The fraction of sp³-hybridized carbons (Fsp3) is 0.625. The molecule has 0 aromatic carbocycles. The fourth-order valence-corrected chi connectivity index (χ4v) is 0.762. The average molecular weight is 248 g/mol. The maximum atomic E-state index is 11.0. The van der Waals surface area contributed by atoms with E-state index in [1.165, 1.54) is 0 Å². The summed E-state index contributed by atoms with van der Waals surface area (Å²) < 4.78 is 9.03. The van der Waals surface area contributed by atoms with Gasteiger partial charge in [-0.05, 0) is 0 Å². The van der Waals surface area contributed by atoms with Gasteiger partial charge < -0.3 is 31.6 Å². The van der Waals surface area contributed by atoms with Crippen LogP contribution in [0.15, 0.2) is 0 Å². The molecule has 0 heterocycles. The van der Waals surface area contributed by atoms with Gasteiger partial charge >= 0.3 is 12.2 Å². The van der Waals surface area contributed by atoms with Gasteiger partial charge in [0.1, 0.15) is 13.2 Å². The van der Waals surface area contributed by atoms with Gasteiger partial charge in [-0.25, -0.2) is 9.59 Å². The molecule has 0 aromatic heterocycles. The third-order valence-electron chi connectivity index (χ3n) is 1.46. The third-order valence-corrected chi connectivity index (χ3v) is 1.46. The van der Waals surface area contributed by atoms with Crippen LogP contribution in [0.1, 0.15) is 0 Å². The van der Waals surface area contributed by atoms with Gasteiger partial charge in [-0.1, -0.05) is 0 Å². The minimum Gasteiger partial charge on any atom is -0.448 e. The molecule has 0 rings (SSSR count). The summed E-state index contributed by atoms with van der Waals surface area (Å²) in [6.07, 6.45) is -1.59. The van der Waals surface area contributed by atoms with E-state index < -0.39 is 12.2 Å². The highest BCUT2D eigenvalue weighted by molar-refractivity contribution is 5.77. The molecule has 0 fully saturated rings. The van der Waals surface area contributed by atoms with Crippen molar-refractivity contribution in [3.05, 3.63) is 0 Å². The molecule has 0 aromatic rings. The quantitative estimate of drug-likeness (QED) is 0.379. The fourth-order valence-electron chi connectivity index (χ4n) is 0.762. The molecule has 6 N–H and O–H groups in total. The molecule has 0 saturated heterocycles. The van der Waals surface area contributed by atoms with Crippen LogP contribution >= 0.6 is 0 Å². The molecule has 0 radical (unpaired) electrons. The zero-order valence-electron chi connectivity index (χ0n) is 9.23. The minimum absolute atomic E-state index is 0.0221. The molecular weight excluding hydrogens is 232 g/mol. The van der Waals surface area contributed by atoms with Crippen molar-refractivity contribution in [2.24, 2.45) is 11.5 Å². The molecule has 9 heteroatoms. The largest absolute Gasteiger partial charge is 0.448 e. The lowest BCUT2D eigenvalue weighted by atomic mass is 10.5. The Labute approximate surface area is 97.8 Å². The number of nitrogens with one attached hydrogen (secondary N) is 2. The summed E-state index contributed by atoms with van der Waals surface area (Å²) in [5, 5.41) is 4.72. The van der Waals surface area contributed by atoms with Gasteiger partial charge in [-0.2, -0.15) is 0 Å². The number of nitrogens with two attached hydrogens (primary N) is 2. The van der Waals surface area contributed by atoms with Crippen LogP contribution in [0.3, 0.4) is 0 Å². The molecule has 0 aliphatic rings. The molecule has 0 spiro atoms. The molecule has 0 saturated carbocycles. The van der Waals surface area contributed by atoms with E-state index in [0.29, 0.717) is 0 Å². The second-order valence-electron chi connectivity index (χ2n) is 2.78. The number of hydrogen-bond donors (Lipinski definition) is 4. The first-order valence-electron chi connectivity index (χ1n) is 4.86. The van der Waals surface area contributed by atoms with Crippen LogP contribution in [0.4, 0.5) is 9.59 Å². The zero-order chi connectivity index (χ0) is 13.1. The van der Waals surface area contributed by atoms with Crippen LogP contribution in [0, 0.1) is 0 Å². The molecule has 0 aliphatic carbocycles. The zero-order valence-corrected chi connectivity index (χ0v) is 9.23. The standard InChI is InChI=1S/C8H16N4O5/c9-5-6(13)11-1-4-17-8(15)12-2-3-16-7(10)14/h1-5,9H2,(H2,10,14)(H,11,13)(H,12,15). The van der Waals surface area contributed by atoms with Gasteiger partial charge in [0.2, 0.25) is 5.91 Å². The summed E-state index contributed by atoms with van der Waals surface area (Å²) >= 11 is 0. The highest BCUT2D eigenvalue weighted by Gasteiger charge is 2.02. The normalized spacial score (nSPS) is 9.24. The van der Waals surface area contributed by atoms with Gasteiger partial charge in [0.15, 0.2) is 0 Å². The predicted octanol–water partition coefficient (Wildman–Crippen LogP) is -2.12. The lowest BCUT2D eigenvalue weighted by Gasteiger charge is -2.07. The molecule has 3 amide bonds. The van der Waals surface area contributed by atoms with Crippen molar-refractivity contribution in [1.29, 1.82) is 0 Å². The van der Waals surface area contributed by atoms with Gasteiger partial charge in [0.05, 0.1) is 19.6 Å². The van der Waals surface area contributed by atoms with Crippen LogP contribution in [-0.2, 0) is 14.3 Å². The van der Waals surface area contributed by atoms with Crippen molar-refractivity contribution < 1.29 is 23.9 Å². The number of hydrogen-bond acceptors (Lipinski definition) is 6. The van der Waals surface area contributed by atoms with E-state index in [9.17, 15) is 14.4 Å². The topological polar surface area (TPSA) is 146 Å². The first kappa shape index (κ1) is 15.0. The van der Waals surface area contributed by atoms with E-state index in [0.717, 1.165) is 0 Å². The number of carbonyl (C=O) groups is 3. The van der Waals surface area contributed by atoms with Crippen LogP contribution in [0.25, 0.3) is 0 Å². The van der Waals surface area contributed by atoms with Gasteiger partial charge in [-0.15, -0.1) is 0 Å². The van der Waals surface area contributed by atoms with Crippen molar-refractivity contribution in [3.63, 3.8) is 0 Å². The second-order valence-corrected chi connectivity index (χ2v) is 2.78. The Morgan fingerprint density at radius 1 is 1.00 bits per heavy atom. The number of rotatable bonds is 7. The van der Waals surface area contributed by atoms with Crippen LogP contribution in [0.5, 0.6) is 0 Å². The van der Waals surface area contributed by atoms with E-state index in [2.05, 4.69) is 20.1 Å². The van der Waals surface area contributed by atoms with Crippen LogP contribution in [0.2, 0.25) is 0 Å². The Bertz CT molecular complexity index is 271. The van der Waals surface area contributed by atoms with Crippen molar-refractivity contribution in [2.75, 3.05) is 32.8 Å². The molecule has 9 nitrogen and oxygen atoms in total. The summed E-state index contributed by atoms with van der Waals surface area (Å²) in [4.78, 5) is 31.8. The average Bonchev–Trinajstić information content (AvgIpc) is 2.29. The Morgan fingerprint density at radius 2 is 1.59 bits per heavy atom. The number of carbonyl (C=O) groups excluding carboxylic acids is 3. The summed E-state index contributed by atoms with van der Waals surface area (Å²) in [7, 11) is 0. The summed E-state index contributed by atoms with van der Waals surface area (Å²) in [6.45, 7) is 0.150. The van der Waals surface area contributed by atoms with Gasteiger partial charge in [0, 0.05) is 0 Å². The monoisotopic (exact) mass is 248 g/mol. The molecule has 0 aliphatic heterocycles. The number of primary amides is 1. The van der Waals surface area contributed by atoms with Crippen molar-refractivity contribution in [3.8, 4) is 0 Å². The van der Waals surface area contributed by atoms with E-state index in [-0.39, 0.29) is 38.8 Å². The van der Waals surface area contributed by atoms with E-state index in [4.69, 9.17) is 11.5 Å². The molecule has 0 atom stereocenters. The number of ether oxygens (including phenoxy) is 2. The minimum atomic E-state index is -0.912. The molecule has 17 heavy (non-hydrogen) atoms. The van der Waals surface area contributed by atoms with E-state index >= 15 is 0 Å². The molecule has 0 bridgehead atoms. The number of alkyl carbamates (subject to hydrolysis) is 1. The Kier molecular flexibility index (Phi) is 8.11. The lowest BCUT2D eigenvalue weighted by molar-refractivity contribution is -0.119.